The Morgan fingerprint density at radius 1 is 1.12 bits per heavy atom. The number of piperazine rings is 1. The van der Waals surface area contributed by atoms with Gasteiger partial charge in [-0.25, -0.2) is 9.78 Å². The first kappa shape index (κ1) is 18.2. The second-order valence-corrected chi connectivity index (χ2v) is 6.10. The molecule has 0 atom stereocenters. The molecule has 0 aliphatic carbocycles. The molecular formula is C17H20F3N5O. The molecule has 0 saturated carbocycles. The molecule has 1 N–H and O–H groups in total. The summed E-state index contributed by atoms with van der Waals surface area (Å²) in [4.78, 5) is 20.1. The second kappa shape index (κ2) is 7.77. The number of alkyl halides is 3. The van der Waals surface area contributed by atoms with Crippen molar-refractivity contribution in [3.05, 3.63) is 48.5 Å². The maximum Gasteiger partial charge on any atom is 0.418 e. The molecule has 1 aliphatic heterocycles. The summed E-state index contributed by atoms with van der Waals surface area (Å²) in [6, 6.07) is 4.50. The second-order valence-electron chi connectivity index (χ2n) is 6.10. The molecule has 1 aliphatic rings. The summed E-state index contributed by atoms with van der Waals surface area (Å²) in [5.74, 6) is 0. The SMILES string of the molecule is O=C(Nc1ccccc1C(F)(F)F)N1CCN(CCn2ccnc2)CC1. The Bertz CT molecular complexity index is 724. The van der Waals surface area contributed by atoms with Gasteiger partial charge in [0.25, 0.3) is 0 Å². The van der Waals surface area contributed by atoms with Crippen molar-refractivity contribution in [3.8, 4) is 0 Å². The van der Waals surface area contributed by atoms with Crippen molar-refractivity contribution < 1.29 is 18.0 Å². The number of para-hydroxylation sites is 1. The number of halogens is 3. The van der Waals surface area contributed by atoms with Crippen LogP contribution in [-0.2, 0) is 12.7 Å². The zero-order chi connectivity index (χ0) is 18.6. The van der Waals surface area contributed by atoms with Crippen molar-refractivity contribution in [2.45, 2.75) is 12.7 Å². The lowest BCUT2D eigenvalue weighted by Crippen LogP contribution is -2.50. The fourth-order valence-corrected chi connectivity index (χ4v) is 2.88. The highest BCUT2D eigenvalue weighted by Crippen LogP contribution is 2.34. The summed E-state index contributed by atoms with van der Waals surface area (Å²) >= 11 is 0. The van der Waals surface area contributed by atoms with Crippen molar-refractivity contribution in [2.24, 2.45) is 0 Å². The Balaban J connectivity index is 1.51. The van der Waals surface area contributed by atoms with Crippen LogP contribution in [-0.4, -0.2) is 58.1 Å². The highest BCUT2D eigenvalue weighted by atomic mass is 19.4. The lowest BCUT2D eigenvalue weighted by molar-refractivity contribution is -0.136. The van der Waals surface area contributed by atoms with Gasteiger partial charge in [0, 0.05) is 51.7 Å². The molecule has 3 rings (SSSR count). The van der Waals surface area contributed by atoms with Crippen LogP contribution in [0.1, 0.15) is 5.56 Å². The minimum absolute atomic E-state index is 0.215. The summed E-state index contributed by atoms with van der Waals surface area (Å²) in [7, 11) is 0. The molecule has 2 amide bonds. The van der Waals surface area contributed by atoms with Crippen LogP contribution in [0, 0.1) is 0 Å². The van der Waals surface area contributed by atoms with Gasteiger partial charge in [-0.2, -0.15) is 13.2 Å². The molecule has 1 fully saturated rings. The minimum Gasteiger partial charge on any atom is -0.336 e. The van der Waals surface area contributed by atoms with Crippen LogP contribution in [0.25, 0.3) is 0 Å². The summed E-state index contributed by atoms with van der Waals surface area (Å²) in [6.45, 7) is 3.97. The Labute approximate surface area is 149 Å². The number of benzene rings is 1. The van der Waals surface area contributed by atoms with Crippen LogP contribution >= 0.6 is 0 Å². The highest BCUT2D eigenvalue weighted by Gasteiger charge is 2.34. The molecule has 2 aromatic rings. The first-order chi connectivity index (χ1) is 12.4. The average Bonchev–Trinajstić information content (AvgIpc) is 3.13. The summed E-state index contributed by atoms with van der Waals surface area (Å²) in [5, 5.41) is 2.39. The van der Waals surface area contributed by atoms with Crippen molar-refractivity contribution >= 4 is 11.7 Å². The molecule has 0 spiro atoms. The third-order valence-electron chi connectivity index (χ3n) is 4.37. The highest BCUT2D eigenvalue weighted by molar-refractivity contribution is 5.90. The van der Waals surface area contributed by atoms with Crippen LogP contribution in [0.2, 0.25) is 0 Å². The predicted molar refractivity (Wildman–Crippen MR) is 90.7 cm³/mol. The number of hydrogen-bond acceptors (Lipinski definition) is 3. The van der Waals surface area contributed by atoms with E-state index >= 15 is 0 Å². The van der Waals surface area contributed by atoms with Gasteiger partial charge >= 0.3 is 12.2 Å². The molecule has 0 radical (unpaired) electrons. The Morgan fingerprint density at radius 3 is 2.50 bits per heavy atom. The van der Waals surface area contributed by atoms with E-state index in [9.17, 15) is 18.0 Å². The zero-order valence-corrected chi connectivity index (χ0v) is 14.1. The Morgan fingerprint density at radius 2 is 1.85 bits per heavy atom. The molecule has 0 bridgehead atoms. The number of amides is 2. The van der Waals surface area contributed by atoms with Crippen molar-refractivity contribution in [1.29, 1.82) is 0 Å². The van der Waals surface area contributed by atoms with Crippen LogP contribution in [0.15, 0.2) is 43.0 Å². The first-order valence-electron chi connectivity index (χ1n) is 8.34. The monoisotopic (exact) mass is 367 g/mol. The van der Waals surface area contributed by atoms with E-state index in [4.69, 9.17) is 0 Å². The fourth-order valence-electron chi connectivity index (χ4n) is 2.88. The normalized spacial score (nSPS) is 15.9. The maximum atomic E-state index is 13.0. The van der Waals surface area contributed by atoms with E-state index in [2.05, 4.69) is 15.2 Å². The number of rotatable bonds is 4. The topological polar surface area (TPSA) is 53.4 Å². The van der Waals surface area contributed by atoms with E-state index in [0.717, 1.165) is 19.2 Å². The average molecular weight is 367 g/mol. The van der Waals surface area contributed by atoms with Gasteiger partial charge in [-0.15, -0.1) is 0 Å². The van der Waals surface area contributed by atoms with Gasteiger partial charge in [0.1, 0.15) is 0 Å². The van der Waals surface area contributed by atoms with Crippen LogP contribution in [0.3, 0.4) is 0 Å². The largest absolute Gasteiger partial charge is 0.418 e. The summed E-state index contributed by atoms with van der Waals surface area (Å²) in [6.07, 6.45) is 0.862. The number of carbonyl (C=O) groups is 1. The molecule has 140 valence electrons. The number of nitrogens with one attached hydrogen (secondary N) is 1. The van der Waals surface area contributed by atoms with Gasteiger partial charge in [-0.3, -0.25) is 4.90 Å². The quantitative estimate of drug-likeness (QED) is 0.904. The maximum absolute atomic E-state index is 13.0. The molecular weight excluding hydrogens is 347 g/mol. The molecule has 1 saturated heterocycles. The Hall–Kier alpha value is -2.55. The van der Waals surface area contributed by atoms with Crippen molar-refractivity contribution in [3.63, 3.8) is 0 Å². The summed E-state index contributed by atoms with van der Waals surface area (Å²) in [5.41, 5.74) is -1.06. The van der Waals surface area contributed by atoms with Gasteiger partial charge in [0.05, 0.1) is 17.6 Å². The summed E-state index contributed by atoms with van der Waals surface area (Å²) < 4.78 is 41.0. The van der Waals surface area contributed by atoms with Gasteiger partial charge in [-0.05, 0) is 12.1 Å². The van der Waals surface area contributed by atoms with E-state index in [1.807, 2.05) is 10.8 Å². The standard InChI is InChI=1S/C17H20F3N5O/c18-17(19,20)14-3-1-2-4-15(14)22-16(26)25-11-9-23(10-12-25)7-8-24-6-5-21-13-24/h1-6,13H,7-12H2,(H,22,26). The van der Waals surface area contributed by atoms with Gasteiger partial charge in [0.15, 0.2) is 0 Å². The van der Waals surface area contributed by atoms with E-state index in [1.54, 1.807) is 17.4 Å². The van der Waals surface area contributed by atoms with Gasteiger partial charge in [-0.1, -0.05) is 12.1 Å². The number of aromatic nitrogens is 2. The number of urea groups is 1. The minimum atomic E-state index is -4.50. The van der Waals surface area contributed by atoms with E-state index in [0.29, 0.717) is 26.2 Å². The fraction of sp³-hybridized carbons (Fsp3) is 0.412. The number of carbonyl (C=O) groups excluding carboxylic acids is 1. The van der Waals surface area contributed by atoms with Gasteiger partial charge in [0.2, 0.25) is 0 Å². The van der Waals surface area contributed by atoms with E-state index < -0.39 is 17.8 Å². The van der Waals surface area contributed by atoms with Crippen molar-refractivity contribution in [2.75, 3.05) is 38.0 Å². The lowest BCUT2D eigenvalue weighted by Gasteiger charge is -2.34. The number of imidazole rings is 1. The molecule has 1 aromatic heterocycles. The smallest absolute Gasteiger partial charge is 0.336 e. The lowest BCUT2D eigenvalue weighted by atomic mass is 10.1. The van der Waals surface area contributed by atoms with Gasteiger partial charge < -0.3 is 14.8 Å². The van der Waals surface area contributed by atoms with Crippen LogP contribution in [0.4, 0.5) is 23.7 Å². The van der Waals surface area contributed by atoms with Crippen molar-refractivity contribution in [1.82, 2.24) is 19.4 Å². The molecule has 0 unspecified atom stereocenters. The molecule has 1 aromatic carbocycles. The van der Waals surface area contributed by atoms with E-state index in [1.165, 1.54) is 18.2 Å². The number of anilines is 1. The zero-order valence-electron chi connectivity index (χ0n) is 14.1. The molecule has 26 heavy (non-hydrogen) atoms. The Kier molecular flexibility index (Phi) is 5.46. The third kappa shape index (κ3) is 4.54. The van der Waals surface area contributed by atoms with Crippen LogP contribution < -0.4 is 5.32 Å². The van der Waals surface area contributed by atoms with E-state index in [-0.39, 0.29) is 5.69 Å². The number of nitrogens with zero attached hydrogens (tertiary/aromatic N) is 4. The predicted octanol–water partition coefficient (Wildman–Crippen LogP) is 2.75. The third-order valence-corrected chi connectivity index (χ3v) is 4.37. The van der Waals surface area contributed by atoms with Crippen LogP contribution in [0.5, 0.6) is 0 Å². The molecule has 9 heteroatoms. The molecule has 2 heterocycles. The first-order valence-corrected chi connectivity index (χ1v) is 8.34. The molecule has 6 nitrogen and oxygen atoms in total. The number of hydrogen-bond donors (Lipinski definition) is 1.